The van der Waals surface area contributed by atoms with Crippen molar-refractivity contribution < 1.29 is 9.90 Å². The molecule has 1 aromatic carbocycles. The highest BCUT2D eigenvalue weighted by molar-refractivity contribution is 6.34. The Hall–Kier alpha value is -2.80. The Morgan fingerprint density at radius 2 is 2.26 bits per heavy atom. The number of halogens is 1. The van der Waals surface area contributed by atoms with Crippen LogP contribution >= 0.6 is 11.6 Å². The van der Waals surface area contributed by atoms with Crippen LogP contribution < -0.4 is 15.8 Å². The third kappa shape index (κ3) is 3.68. The lowest BCUT2D eigenvalue weighted by Crippen LogP contribution is -2.46. The van der Waals surface area contributed by atoms with Gasteiger partial charge in [0.25, 0.3) is 0 Å². The van der Waals surface area contributed by atoms with Gasteiger partial charge in [-0.2, -0.15) is 10.2 Å². The minimum absolute atomic E-state index is 0.168. The average molecular weight is 388 g/mol. The fourth-order valence-corrected chi connectivity index (χ4v) is 3.40. The van der Waals surface area contributed by atoms with Crippen molar-refractivity contribution in [3.05, 3.63) is 52.8 Å². The van der Waals surface area contributed by atoms with Crippen LogP contribution in [-0.2, 0) is 0 Å². The highest BCUT2D eigenvalue weighted by Gasteiger charge is 2.34. The van der Waals surface area contributed by atoms with Crippen LogP contribution in [0.4, 0.5) is 10.5 Å². The smallest absolute Gasteiger partial charge is 0.342 e. The maximum atomic E-state index is 12.3. The predicted molar refractivity (Wildman–Crippen MR) is 109 cm³/mol. The van der Waals surface area contributed by atoms with Gasteiger partial charge in [0.1, 0.15) is 0 Å². The summed E-state index contributed by atoms with van der Waals surface area (Å²) in [6.45, 7) is 6.14. The van der Waals surface area contributed by atoms with E-state index in [4.69, 9.17) is 16.7 Å². The third-order valence-electron chi connectivity index (χ3n) is 4.79. The number of nitrogens with one attached hydrogen (secondary N) is 2. The van der Waals surface area contributed by atoms with Gasteiger partial charge in [-0.05, 0) is 44.1 Å². The Balaban J connectivity index is 1.88. The molecule has 2 unspecified atom stereocenters. The molecule has 0 spiro atoms. The monoisotopic (exact) mass is 387 g/mol. The van der Waals surface area contributed by atoms with E-state index in [2.05, 4.69) is 21.1 Å². The molecule has 0 bridgehead atoms. The Bertz CT molecular complexity index is 877. The number of rotatable bonds is 4. The second-order valence-corrected chi connectivity index (χ2v) is 7.25. The molecule has 0 saturated heterocycles. The molecule has 2 atom stereocenters. The molecule has 0 radical (unpaired) electrons. The molecular formula is C19H22ClN5O2. The number of amides is 2. The van der Waals surface area contributed by atoms with Crippen molar-refractivity contribution in [3.63, 3.8) is 0 Å². The summed E-state index contributed by atoms with van der Waals surface area (Å²) >= 11 is 6.40. The molecule has 3 rings (SSSR count). The molecule has 0 saturated carbocycles. The lowest BCUT2D eigenvalue weighted by Gasteiger charge is -2.29. The number of aliphatic hydroxyl groups is 1. The van der Waals surface area contributed by atoms with Gasteiger partial charge in [0.15, 0.2) is 0 Å². The number of urea groups is 1. The van der Waals surface area contributed by atoms with Gasteiger partial charge in [-0.1, -0.05) is 29.8 Å². The number of hydrogen-bond donors (Lipinski definition) is 3. The minimum Gasteiger partial charge on any atom is -0.516 e. The normalized spacial score (nSPS) is 25.6. The summed E-state index contributed by atoms with van der Waals surface area (Å²) < 4.78 is 0. The second-order valence-electron chi connectivity index (χ2n) is 6.87. The summed E-state index contributed by atoms with van der Waals surface area (Å²) in [5, 5.41) is 18.0. The van der Waals surface area contributed by atoms with E-state index in [1.54, 1.807) is 17.2 Å². The maximum Gasteiger partial charge on any atom is 0.342 e. The summed E-state index contributed by atoms with van der Waals surface area (Å²) in [5.74, 6) is 0. The van der Waals surface area contributed by atoms with Crippen molar-refractivity contribution in [2.24, 2.45) is 15.6 Å². The standard InChI is InChI=1S/C19H22ClN5O2/c1-12-5-4-6-15(17(12)20)25-10-14(22-24-18(25)27)13(2)9-19(3)11-21-23-16(19)7-8-26/h4-9,11,16,23,26H,10H2,1-3H3,(H,24,27)/b8-7+,13-9+. The number of aliphatic hydroxyl groups excluding tert-OH is 1. The number of aryl methyl sites for hydroxylation is 1. The Kier molecular flexibility index (Phi) is 5.23. The van der Waals surface area contributed by atoms with Gasteiger partial charge < -0.3 is 10.5 Å². The average Bonchev–Trinajstić information content (AvgIpc) is 2.98. The lowest BCUT2D eigenvalue weighted by molar-refractivity contribution is 0.246. The molecule has 0 fully saturated rings. The third-order valence-corrected chi connectivity index (χ3v) is 5.28. The zero-order valence-electron chi connectivity index (χ0n) is 15.4. The molecule has 2 aliphatic heterocycles. The molecule has 3 N–H and O–H groups in total. The van der Waals surface area contributed by atoms with Crippen molar-refractivity contribution in [1.29, 1.82) is 0 Å². The summed E-state index contributed by atoms with van der Waals surface area (Å²) in [6.07, 6.45) is 6.46. The van der Waals surface area contributed by atoms with E-state index in [9.17, 15) is 4.79 Å². The first-order valence-electron chi connectivity index (χ1n) is 8.55. The van der Waals surface area contributed by atoms with Gasteiger partial charge in [-0.15, -0.1) is 0 Å². The van der Waals surface area contributed by atoms with Crippen molar-refractivity contribution in [1.82, 2.24) is 10.9 Å². The Morgan fingerprint density at radius 1 is 1.48 bits per heavy atom. The first kappa shape index (κ1) is 19.0. The minimum atomic E-state index is -0.431. The zero-order valence-corrected chi connectivity index (χ0v) is 16.2. The number of hydrogen-bond acceptors (Lipinski definition) is 5. The van der Waals surface area contributed by atoms with Crippen LogP contribution in [0.3, 0.4) is 0 Å². The summed E-state index contributed by atoms with van der Waals surface area (Å²) in [6, 6.07) is 5.09. The second kappa shape index (κ2) is 7.44. The van der Waals surface area contributed by atoms with E-state index in [-0.39, 0.29) is 12.1 Å². The number of anilines is 1. The maximum absolute atomic E-state index is 12.3. The van der Waals surface area contributed by atoms with Crippen molar-refractivity contribution in [3.8, 4) is 0 Å². The molecule has 0 aromatic heterocycles. The quantitative estimate of drug-likeness (QED) is 0.690. The predicted octanol–water partition coefficient (Wildman–Crippen LogP) is 3.52. The molecule has 27 heavy (non-hydrogen) atoms. The first-order chi connectivity index (χ1) is 12.9. The van der Waals surface area contributed by atoms with Gasteiger partial charge in [0, 0.05) is 11.6 Å². The van der Waals surface area contributed by atoms with Crippen molar-refractivity contribution in [2.45, 2.75) is 26.8 Å². The summed E-state index contributed by atoms with van der Waals surface area (Å²) in [4.78, 5) is 13.9. The van der Waals surface area contributed by atoms with E-state index in [0.29, 0.717) is 17.3 Å². The van der Waals surface area contributed by atoms with E-state index in [1.165, 1.54) is 0 Å². The van der Waals surface area contributed by atoms with E-state index >= 15 is 0 Å². The first-order valence-corrected chi connectivity index (χ1v) is 8.93. The topological polar surface area (TPSA) is 89.3 Å². The molecule has 142 valence electrons. The molecule has 8 heteroatoms. The molecule has 1 aromatic rings. The molecule has 7 nitrogen and oxygen atoms in total. The van der Waals surface area contributed by atoms with Gasteiger partial charge in [0.2, 0.25) is 0 Å². The molecule has 2 amide bonds. The van der Waals surface area contributed by atoms with Gasteiger partial charge in [-0.25, -0.2) is 10.2 Å². The Morgan fingerprint density at radius 3 is 3.00 bits per heavy atom. The fourth-order valence-electron chi connectivity index (χ4n) is 3.17. The van der Waals surface area contributed by atoms with Crippen LogP contribution in [0.5, 0.6) is 0 Å². The van der Waals surface area contributed by atoms with E-state index in [0.717, 1.165) is 23.1 Å². The number of nitrogens with zero attached hydrogens (tertiary/aromatic N) is 3. The van der Waals surface area contributed by atoms with Crippen LogP contribution in [0.25, 0.3) is 0 Å². The van der Waals surface area contributed by atoms with Crippen LogP contribution in [0, 0.1) is 12.3 Å². The summed E-state index contributed by atoms with van der Waals surface area (Å²) in [7, 11) is 0. The van der Waals surface area contributed by atoms with Crippen LogP contribution in [0.1, 0.15) is 19.4 Å². The molecule has 0 aliphatic carbocycles. The summed E-state index contributed by atoms with van der Waals surface area (Å²) in [5.41, 5.74) is 8.24. The number of carbonyl (C=O) groups excluding carboxylic acids is 1. The molecular weight excluding hydrogens is 366 g/mol. The van der Waals surface area contributed by atoms with Gasteiger partial charge in [0.05, 0.1) is 35.3 Å². The van der Waals surface area contributed by atoms with Crippen LogP contribution in [0.2, 0.25) is 5.02 Å². The van der Waals surface area contributed by atoms with E-state index in [1.807, 2.05) is 45.0 Å². The number of hydrazone groups is 2. The largest absolute Gasteiger partial charge is 0.516 e. The van der Waals surface area contributed by atoms with Crippen molar-refractivity contribution in [2.75, 3.05) is 11.4 Å². The lowest BCUT2D eigenvalue weighted by atomic mass is 9.82. The molecule has 2 heterocycles. The SMILES string of the molecule is C/C(=C\C1(C)C=NNC1/C=C/O)C1=NNC(=O)N(c2cccc(C)c2Cl)C1. The Labute approximate surface area is 163 Å². The van der Waals surface area contributed by atoms with Crippen LogP contribution in [-0.4, -0.2) is 35.7 Å². The number of carbonyl (C=O) groups is 1. The zero-order chi connectivity index (χ0) is 19.6. The van der Waals surface area contributed by atoms with Gasteiger partial charge >= 0.3 is 6.03 Å². The molecule has 2 aliphatic rings. The van der Waals surface area contributed by atoms with Gasteiger partial charge in [-0.3, -0.25) is 4.90 Å². The van der Waals surface area contributed by atoms with Crippen molar-refractivity contribution >= 4 is 35.2 Å². The number of benzene rings is 1. The highest BCUT2D eigenvalue weighted by atomic mass is 35.5. The fraction of sp³-hybridized carbons (Fsp3) is 0.316. The van der Waals surface area contributed by atoms with Crippen LogP contribution in [0.15, 0.2) is 52.4 Å². The highest BCUT2D eigenvalue weighted by Crippen LogP contribution is 2.31. The van der Waals surface area contributed by atoms with E-state index < -0.39 is 5.41 Å².